The van der Waals surface area contributed by atoms with E-state index in [9.17, 15) is 37.0 Å². The fourth-order valence-electron chi connectivity index (χ4n) is 3.05. The van der Waals surface area contributed by atoms with E-state index in [1.807, 2.05) is 0 Å². The normalized spacial score (nSPS) is 16.9. The van der Waals surface area contributed by atoms with Crippen LogP contribution >= 0.6 is 11.6 Å². The number of piperidine rings is 1. The van der Waals surface area contributed by atoms with E-state index < -0.39 is 48.8 Å². The maximum atomic E-state index is 12.8. The first kappa shape index (κ1) is 27.8. The highest BCUT2D eigenvalue weighted by Crippen LogP contribution is 2.38. The highest BCUT2D eigenvalue weighted by Gasteiger charge is 2.38. The average Bonchev–Trinajstić information content (AvgIpc) is 2.73. The van der Waals surface area contributed by atoms with E-state index in [0.717, 1.165) is 6.07 Å². The third-order valence-electron chi connectivity index (χ3n) is 4.80. The van der Waals surface area contributed by atoms with Crippen molar-refractivity contribution in [3.63, 3.8) is 0 Å². The second-order valence-corrected chi connectivity index (χ2v) is 7.33. The molecule has 0 unspecified atom stereocenters. The van der Waals surface area contributed by atoms with Gasteiger partial charge in [-0.25, -0.2) is 13.6 Å². The number of carbonyl (C=O) groups is 2. The number of aliphatic hydroxyl groups is 2. The van der Waals surface area contributed by atoms with Crippen LogP contribution in [0.15, 0.2) is 12.1 Å². The molecule has 2 rings (SSSR count). The standard InChI is InChI=1S/C16H21ClF2N2O4.C2HF3O2/c17-11-5-10(12(23)6-9(11)15(18)19)14(20)8-1-3-21(4-2-8)16(25)13(24)7-22;3-2(4,5)1(6)7/h5-6,8,13-15,22-24H,1-4,7,20H2;(H,6,7)/t13-,14-;/m1./s1. The summed E-state index contributed by atoms with van der Waals surface area (Å²) < 4.78 is 57.3. The number of nitrogens with two attached hydrogens (primary N) is 1. The highest BCUT2D eigenvalue weighted by molar-refractivity contribution is 6.31. The number of nitrogens with zero attached hydrogens (tertiary/aromatic N) is 1. The van der Waals surface area contributed by atoms with Gasteiger partial charge in [-0.15, -0.1) is 0 Å². The van der Waals surface area contributed by atoms with Gasteiger partial charge < -0.3 is 31.1 Å². The minimum atomic E-state index is -5.08. The lowest BCUT2D eigenvalue weighted by molar-refractivity contribution is -0.192. The second-order valence-electron chi connectivity index (χ2n) is 6.92. The van der Waals surface area contributed by atoms with Crippen molar-refractivity contribution in [3.05, 3.63) is 28.3 Å². The number of rotatable bonds is 5. The van der Waals surface area contributed by atoms with Crippen molar-refractivity contribution in [1.29, 1.82) is 0 Å². The number of likely N-dealkylation sites (tertiary alicyclic amines) is 1. The van der Waals surface area contributed by atoms with E-state index in [4.69, 9.17) is 32.3 Å². The smallest absolute Gasteiger partial charge is 0.490 e. The maximum Gasteiger partial charge on any atom is 0.490 e. The van der Waals surface area contributed by atoms with Gasteiger partial charge in [0.15, 0.2) is 6.10 Å². The summed E-state index contributed by atoms with van der Waals surface area (Å²) in [5, 5.41) is 35.2. The van der Waals surface area contributed by atoms with Crippen molar-refractivity contribution < 1.29 is 52.0 Å². The van der Waals surface area contributed by atoms with E-state index in [0.29, 0.717) is 25.9 Å². The Hall–Kier alpha value is -2.22. The van der Waals surface area contributed by atoms with Crippen LogP contribution in [-0.4, -0.2) is 69.2 Å². The summed E-state index contributed by atoms with van der Waals surface area (Å²) in [5.41, 5.74) is 6.01. The van der Waals surface area contributed by atoms with Gasteiger partial charge in [0.25, 0.3) is 12.3 Å². The molecule has 32 heavy (non-hydrogen) atoms. The van der Waals surface area contributed by atoms with Gasteiger partial charge in [-0.3, -0.25) is 4.79 Å². The van der Waals surface area contributed by atoms with Crippen molar-refractivity contribution >= 4 is 23.5 Å². The number of aromatic hydroxyl groups is 1. The van der Waals surface area contributed by atoms with Crippen LogP contribution in [0, 0.1) is 5.92 Å². The number of phenols is 1. The molecule has 0 aliphatic carbocycles. The lowest BCUT2D eigenvalue weighted by Crippen LogP contribution is -2.46. The van der Waals surface area contributed by atoms with E-state index in [2.05, 4.69) is 0 Å². The number of carboxylic acids is 1. The number of carboxylic acid groups (broad SMARTS) is 1. The van der Waals surface area contributed by atoms with Crippen LogP contribution < -0.4 is 5.73 Å². The van der Waals surface area contributed by atoms with Crippen LogP contribution in [0.25, 0.3) is 0 Å². The lowest BCUT2D eigenvalue weighted by Gasteiger charge is -2.35. The minimum Gasteiger partial charge on any atom is -0.508 e. The van der Waals surface area contributed by atoms with Gasteiger partial charge in [-0.1, -0.05) is 11.6 Å². The number of carbonyl (C=O) groups excluding carboxylic acids is 1. The first-order valence-corrected chi connectivity index (χ1v) is 9.52. The zero-order valence-corrected chi connectivity index (χ0v) is 17.2. The van der Waals surface area contributed by atoms with Crippen LogP contribution in [0.2, 0.25) is 5.02 Å². The Morgan fingerprint density at radius 1 is 1.19 bits per heavy atom. The molecule has 1 aliphatic rings. The topological polar surface area (TPSA) is 144 Å². The van der Waals surface area contributed by atoms with Gasteiger partial charge in [-0.05, 0) is 30.9 Å². The molecule has 6 N–H and O–H groups in total. The summed E-state index contributed by atoms with van der Waals surface area (Å²) in [6, 6.07) is 1.57. The highest BCUT2D eigenvalue weighted by atomic mass is 35.5. The Labute approximate surface area is 184 Å². The number of hydrogen-bond donors (Lipinski definition) is 5. The third kappa shape index (κ3) is 7.43. The number of alkyl halides is 5. The molecule has 1 amide bonds. The van der Waals surface area contributed by atoms with Crippen molar-refractivity contribution in [3.8, 4) is 5.75 Å². The van der Waals surface area contributed by atoms with E-state index in [1.54, 1.807) is 0 Å². The fourth-order valence-corrected chi connectivity index (χ4v) is 3.30. The molecule has 0 bridgehead atoms. The van der Waals surface area contributed by atoms with Gasteiger partial charge in [0, 0.05) is 30.3 Å². The molecule has 182 valence electrons. The molecule has 1 aromatic carbocycles. The Balaban J connectivity index is 0.000000633. The summed E-state index contributed by atoms with van der Waals surface area (Å²) in [6.45, 7) is 0.0525. The van der Waals surface area contributed by atoms with Crippen LogP contribution in [0.5, 0.6) is 5.75 Å². The molecule has 2 atom stereocenters. The second kappa shape index (κ2) is 11.6. The average molecular weight is 493 g/mol. The molecule has 1 fully saturated rings. The molecule has 0 radical (unpaired) electrons. The van der Waals surface area contributed by atoms with Gasteiger partial charge in [0.2, 0.25) is 0 Å². The molecule has 1 saturated heterocycles. The van der Waals surface area contributed by atoms with Gasteiger partial charge in [-0.2, -0.15) is 13.2 Å². The zero-order valence-electron chi connectivity index (χ0n) is 16.4. The Bertz CT molecular complexity index is 803. The Kier molecular flexibility index (Phi) is 10.1. The lowest BCUT2D eigenvalue weighted by atomic mass is 9.85. The number of phenolic OH excluding ortho intramolecular Hbond substituents is 1. The summed E-state index contributed by atoms with van der Waals surface area (Å²) in [6.07, 6.45) is -8.29. The quantitative estimate of drug-likeness (QED) is 0.396. The predicted octanol–water partition coefficient (Wildman–Crippen LogP) is 2.21. The van der Waals surface area contributed by atoms with E-state index >= 15 is 0 Å². The van der Waals surface area contributed by atoms with E-state index in [-0.39, 0.29) is 22.3 Å². The van der Waals surface area contributed by atoms with Gasteiger partial charge >= 0.3 is 12.1 Å². The molecular formula is C18H22ClF5N2O6. The molecule has 0 aromatic heterocycles. The number of hydrogen-bond acceptors (Lipinski definition) is 6. The molecule has 0 spiro atoms. The van der Waals surface area contributed by atoms with Crippen LogP contribution in [0.4, 0.5) is 22.0 Å². The molecule has 1 aliphatic heterocycles. The Morgan fingerprint density at radius 2 is 1.69 bits per heavy atom. The summed E-state index contributed by atoms with van der Waals surface area (Å²) >= 11 is 5.84. The van der Waals surface area contributed by atoms with Crippen molar-refractivity contribution in [2.45, 2.75) is 37.6 Å². The number of halogens is 6. The molecule has 14 heteroatoms. The summed E-state index contributed by atoms with van der Waals surface area (Å²) in [7, 11) is 0. The number of aliphatic hydroxyl groups excluding tert-OH is 2. The first-order chi connectivity index (χ1) is 14.7. The first-order valence-electron chi connectivity index (χ1n) is 9.14. The molecule has 1 heterocycles. The summed E-state index contributed by atoms with van der Waals surface area (Å²) in [4.78, 5) is 22.2. The zero-order chi connectivity index (χ0) is 24.8. The van der Waals surface area contributed by atoms with Crippen LogP contribution in [-0.2, 0) is 9.59 Å². The van der Waals surface area contributed by atoms with Gasteiger partial charge in [0.1, 0.15) is 5.75 Å². The SMILES string of the molecule is N[C@@H](c1cc(Cl)c(C(F)F)cc1O)C1CCN(C(=O)[C@H](O)CO)CC1.O=C(O)C(F)(F)F. The van der Waals surface area contributed by atoms with Crippen LogP contribution in [0.3, 0.4) is 0 Å². The fraction of sp³-hybridized carbons (Fsp3) is 0.556. The predicted molar refractivity (Wildman–Crippen MR) is 101 cm³/mol. The maximum absolute atomic E-state index is 12.8. The largest absolute Gasteiger partial charge is 0.508 e. The van der Waals surface area contributed by atoms with Gasteiger partial charge in [0.05, 0.1) is 11.6 Å². The molecular weight excluding hydrogens is 471 g/mol. The monoisotopic (exact) mass is 492 g/mol. The summed E-state index contributed by atoms with van der Waals surface area (Å²) in [5.74, 6) is -3.72. The number of amides is 1. The van der Waals surface area contributed by atoms with E-state index in [1.165, 1.54) is 11.0 Å². The third-order valence-corrected chi connectivity index (χ3v) is 5.13. The van der Waals surface area contributed by atoms with Crippen LogP contribution in [0.1, 0.15) is 36.4 Å². The Morgan fingerprint density at radius 3 is 2.09 bits per heavy atom. The number of aliphatic carboxylic acids is 1. The molecule has 8 nitrogen and oxygen atoms in total. The number of benzene rings is 1. The van der Waals surface area contributed by atoms with Crippen molar-refractivity contribution in [1.82, 2.24) is 4.90 Å². The molecule has 1 aromatic rings. The minimum absolute atomic E-state index is 0.0883. The van der Waals surface area contributed by atoms with Crippen molar-refractivity contribution in [2.24, 2.45) is 11.7 Å². The molecule has 0 saturated carbocycles. The van der Waals surface area contributed by atoms with Crippen molar-refractivity contribution in [2.75, 3.05) is 19.7 Å².